The number of morpholine rings is 1. The topological polar surface area (TPSA) is 63.4 Å². The van der Waals surface area contributed by atoms with Crippen molar-refractivity contribution in [1.29, 1.82) is 0 Å². The molecule has 1 aliphatic carbocycles. The Bertz CT molecular complexity index is 467. The first-order valence-electron chi connectivity index (χ1n) is 7.98. The Morgan fingerprint density at radius 2 is 2.05 bits per heavy atom. The molecule has 2 heterocycles. The highest BCUT2D eigenvalue weighted by Crippen LogP contribution is 2.45. The maximum atomic E-state index is 6.16. The summed E-state index contributed by atoms with van der Waals surface area (Å²) in [6.07, 6.45) is 6.77. The first kappa shape index (κ1) is 14.8. The fourth-order valence-corrected chi connectivity index (χ4v) is 4.17. The number of aromatic nitrogens is 1. The first-order valence-corrected chi connectivity index (χ1v) is 7.98. The van der Waals surface area contributed by atoms with Crippen LogP contribution in [0.1, 0.15) is 37.3 Å². The molecule has 1 unspecified atom stereocenters. The summed E-state index contributed by atoms with van der Waals surface area (Å²) < 4.78 is 5.55. The summed E-state index contributed by atoms with van der Waals surface area (Å²) in [7, 11) is 2.04. The number of hydrogen-bond acceptors (Lipinski definition) is 5. The van der Waals surface area contributed by atoms with E-state index in [4.69, 9.17) is 10.5 Å². The van der Waals surface area contributed by atoms with Crippen LogP contribution in [0.3, 0.4) is 0 Å². The maximum absolute atomic E-state index is 6.16. The van der Waals surface area contributed by atoms with Gasteiger partial charge in [-0.15, -0.1) is 0 Å². The van der Waals surface area contributed by atoms with Crippen molar-refractivity contribution in [1.82, 2.24) is 15.2 Å². The maximum Gasteiger partial charge on any atom is 0.128 e. The van der Waals surface area contributed by atoms with Crippen LogP contribution in [0.5, 0.6) is 0 Å². The summed E-state index contributed by atoms with van der Waals surface area (Å²) in [6.45, 7) is 3.69. The lowest BCUT2D eigenvalue weighted by Gasteiger charge is -2.48. The van der Waals surface area contributed by atoms with E-state index in [1.165, 1.54) is 25.7 Å². The van der Waals surface area contributed by atoms with Crippen molar-refractivity contribution in [2.45, 2.75) is 37.3 Å². The lowest BCUT2D eigenvalue weighted by molar-refractivity contribution is -0.0353. The normalized spacial score (nSPS) is 24.0. The van der Waals surface area contributed by atoms with Crippen LogP contribution in [-0.4, -0.2) is 48.8 Å². The van der Waals surface area contributed by atoms with Gasteiger partial charge < -0.3 is 15.8 Å². The second-order valence-electron chi connectivity index (χ2n) is 6.11. The van der Waals surface area contributed by atoms with Crippen molar-refractivity contribution < 1.29 is 4.74 Å². The number of anilines is 1. The van der Waals surface area contributed by atoms with Crippen LogP contribution < -0.4 is 11.1 Å². The van der Waals surface area contributed by atoms with Crippen LogP contribution >= 0.6 is 0 Å². The number of hydrogen-bond donors (Lipinski definition) is 2. The third-order valence-electron chi connectivity index (χ3n) is 5.12. The molecule has 2 fully saturated rings. The zero-order valence-corrected chi connectivity index (χ0v) is 12.8. The molecular weight excluding hydrogens is 264 g/mol. The zero-order chi connectivity index (χ0) is 14.7. The molecule has 1 aliphatic heterocycles. The van der Waals surface area contributed by atoms with Crippen molar-refractivity contribution in [3.05, 3.63) is 23.9 Å². The molecule has 5 heteroatoms. The minimum Gasteiger partial charge on any atom is -0.383 e. The van der Waals surface area contributed by atoms with E-state index in [-0.39, 0.29) is 11.6 Å². The van der Waals surface area contributed by atoms with Gasteiger partial charge in [-0.25, -0.2) is 4.98 Å². The number of nitrogens with two attached hydrogens (primary N) is 1. The molecule has 0 radical (unpaired) electrons. The monoisotopic (exact) mass is 290 g/mol. The average Bonchev–Trinajstić information content (AvgIpc) is 3.01. The largest absolute Gasteiger partial charge is 0.383 e. The van der Waals surface area contributed by atoms with Crippen LogP contribution in [-0.2, 0) is 4.74 Å². The molecule has 1 aromatic heterocycles. The van der Waals surface area contributed by atoms with Gasteiger partial charge in [0.05, 0.1) is 19.3 Å². The van der Waals surface area contributed by atoms with E-state index < -0.39 is 0 Å². The van der Waals surface area contributed by atoms with E-state index >= 15 is 0 Å². The third kappa shape index (κ3) is 2.65. The Morgan fingerprint density at radius 3 is 2.67 bits per heavy atom. The van der Waals surface area contributed by atoms with E-state index in [0.29, 0.717) is 5.82 Å². The molecule has 0 spiro atoms. The quantitative estimate of drug-likeness (QED) is 0.881. The van der Waals surface area contributed by atoms with Crippen molar-refractivity contribution in [3.8, 4) is 0 Å². The predicted octanol–water partition coefficient (Wildman–Crippen LogP) is 1.57. The minimum absolute atomic E-state index is 0.148. The lowest BCUT2D eigenvalue weighted by atomic mass is 9.81. The van der Waals surface area contributed by atoms with Gasteiger partial charge in [-0.3, -0.25) is 4.90 Å². The number of nitrogens with one attached hydrogen (secondary N) is 1. The Kier molecular flexibility index (Phi) is 4.42. The van der Waals surface area contributed by atoms with Gasteiger partial charge in [0, 0.05) is 30.4 Å². The van der Waals surface area contributed by atoms with E-state index in [1.807, 2.05) is 13.1 Å². The Morgan fingerprint density at radius 1 is 1.33 bits per heavy atom. The predicted molar refractivity (Wildman–Crippen MR) is 84.0 cm³/mol. The van der Waals surface area contributed by atoms with Gasteiger partial charge in [0.2, 0.25) is 0 Å². The molecule has 0 amide bonds. The van der Waals surface area contributed by atoms with Crippen LogP contribution in [0, 0.1) is 0 Å². The number of rotatable bonds is 4. The Labute approximate surface area is 126 Å². The van der Waals surface area contributed by atoms with E-state index in [1.54, 1.807) is 6.20 Å². The highest BCUT2D eigenvalue weighted by atomic mass is 16.5. The zero-order valence-electron chi connectivity index (χ0n) is 12.8. The molecule has 2 aliphatic rings. The third-order valence-corrected chi connectivity index (χ3v) is 5.12. The van der Waals surface area contributed by atoms with E-state index in [0.717, 1.165) is 31.9 Å². The molecule has 1 saturated heterocycles. The highest BCUT2D eigenvalue weighted by molar-refractivity contribution is 5.43. The van der Waals surface area contributed by atoms with Crippen molar-refractivity contribution in [2.24, 2.45) is 0 Å². The molecular formula is C16H26N4O. The standard InChI is InChI=1S/C16H26N4O/c1-18-14(13-5-4-8-19-15(13)17)16(6-2-3-7-16)20-9-11-21-12-10-20/h4-5,8,14,18H,2-3,6-7,9-12H2,1H3,(H2,17,19). The fourth-order valence-electron chi connectivity index (χ4n) is 4.17. The molecule has 1 aromatic rings. The lowest BCUT2D eigenvalue weighted by Crippen LogP contribution is -2.58. The summed E-state index contributed by atoms with van der Waals surface area (Å²) in [5.74, 6) is 0.649. The molecule has 3 N–H and O–H groups in total. The summed E-state index contributed by atoms with van der Waals surface area (Å²) in [6, 6.07) is 4.33. The van der Waals surface area contributed by atoms with Gasteiger partial charge in [0.1, 0.15) is 5.82 Å². The second kappa shape index (κ2) is 6.30. The summed E-state index contributed by atoms with van der Waals surface area (Å²) >= 11 is 0. The smallest absolute Gasteiger partial charge is 0.128 e. The van der Waals surface area contributed by atoms with Gasteiger partial charge in [-0.2, -0.15) is 0 Å². The molecule has 116 valence electrons. The SMILES string of the molecule is CNC(c1cccnc1N)C1(N2CCOCC2)CCCC1. The van der Waals surface area contributed by atoms with Gasteiger partial charge in [0.25, 0.3) is 0 Å². The van der Waals surface area contributed by atoms with Gasteiger partial charge in [0.15, 0.2) is 0 Å². The van der Waals surface area contributed by atoms with Crippen LogP contribution in [0.25, 0.3) is 0 Å². The Balaban J connectivity index is 1.96. The number of nitrogens with zero attached hydrogens (tertiary/aromatic N) is 2. The molecule has 5 nitrogen and oxygen atoms in total. The number of nitrogen functional groups attached to an aromatic ring is 1. The van der Waals surface area contributed by atoms with Crippen LogP contribution in [0.4, 0.5) is 5.82 Å². The van der Waals surface area contributed by atoms with Crippen molar-refractivity contribution >= 4 is 5.82 Å². The summed E-state index contributed by atoms with van der Waals surface area (Å²) in [4.78, 5) is 6.91. The molecule has 1 saturated carbocycles. The van der Waals surface area contributed by atoms with Gasteiger partial charge in [-0.1, -0.05) is 18.9 Å². The van der Waals surface area contributed by atoms with E-state index in [2.05, 4.69) is 21.3 Å². The van der Waals surface area contributed by atoms with Gasteiger partial charge >= 0.3 is 0 Å². The number of likely N-dealkylation sites (N-methyl/N-ethyl adjacent to an activating group) is 1. The second-order valence-corrected chi connectivity index (χ2v) is 6.11. The van der Waals surface area contributed by atoms with E-state index in [9.17, 15) is 0 Å². The van der Waals surface area contributed by atoms with Crippen LogP contribution in [0.15, 0.2) is 18.3 Å². The first-order chi connectivity index (χ1) is 10.3. The molecule has 1 atom stereocenters. The summed E-state index contributed by atoms with van der Waals surface area (Å²) in [5.41, 5.74) is 7.44. The van der Waals surface area contributed by atoms with Crippen molar-refractivity contribution in [2.75, 3.05) is 39.1 Å². The number of ether oxygens (including phenoxy) is 1. The minimum atomic E-state index is 0.148. The molecule has 0 bridgehead atoms. The summed E-state index contributed by atoms with van der Waals surface area (Å²) in [5, 5.41) is 3.54. The molecule has 3 rings (SSSR count). The molecule has 21 heavy (non-hydrogen) atoms. The fraction of sp³-hybridized carbons (Fsp3) is 0.688. The van der Waals surface area contributed by atoms with Crippen LogP contribution in [0.2, 0.25) is 0 Å². The van der Waals surface area contributed by atoms with Crippen molar-refractivity contribution in [3.63, 3.8) is 0 Å². The van der Waals surface area contributed by atoms with Gasteiger partial charge in [-0.05, 0) is 26.0 Å². The molecule has 0 aromatic carbocycles. The average molecular weight is 290 g/mol. The highest BCUT2D eigenvalue weighted by Gasteiger charge is 2.46. The number of pyridine rings is 1. The Hall–Kier alpha value is -1.17.